The third-order valence-corrected chi connectivity index (χ3v) is 11.0. The predicted octanol–water partition coefficient (Wildman–Crippen LogP) is 3.84. The van der Waals surface area contributed by atoms with Gasteiger partial charge in [0, 0.05) is 36.3 Å². The molecule has 4 aliphatic rings. The SMILES string of the molecule is CCN(CC)c1ccc(N2CC=C[C@]34S[C@H]5C=CCCOC(=O)[C@H]5[C@H]3C(=O)N([C@@H](CO)Cc3ccccc3)C4C2=O)cc1. The van der Waals surface area contributed by atoms with E-state index in [9.17, 15) is 19.5 Å². The van der Waals surface area contributed by atoms with Gasteiger partial charge in [0.05, 0.1) is 35.8 Å². The molecule has 2 saturated heterocycles. The summed E-state index contributed by atoms with van der Waals surface area (Å²) in [6.45, 7) is 6.29. The van der Waals surface area contributed by atoms with E-state index in [2.05, 4.69) is 18.7 Å². The average Bonchev–Trinajstić information content (AvgIpc) is 3.40. The molecule has 4 aliphatic heterocycles. The standard InChI is InChI=1S/C34H39N3O5S/c1-3-35(4-2)24-14-16-25(17-15-24)36-19-10-18-34-29(28-27(43-34)13-8-9-20-42-33(28)41)31(39)37(30(34)32(36)40)26(22-38)21-23-11-6-5-7-12-23/h5-8,10-18,26-30,38H,3-4,9,19-22H2,1-2H3/t26-,27+,28-,29+,30?,34+/m1/s1. The lowest BCUT2D eigenvalue weighted by Crippen LogP contribution is -2.57. The maximum atomic E-state index is 14.8. The first-order valence-corrected chi connectivity index (χ1v) is 16.1. The molecule has 43 heavy (non-hydrogen) atoms. The van der Waals surface area contributed by atoms with Gasteiger partial charge in [-0.25, -0.2) is 0 Å². The van der Waals surface area contributed by atoms with Crippen LogP contribution in [0.4, 0.5) is 11.4 Å². The van der Waals surface area contributed by atoms with Crippen molar-refractivity contribution >= 4 is 40.9 Å². The molecule has 2 aromatic rings. The minimum Gasteiger partial charge on any atom is -0.465 e. The number of benzene rings is 2. The van der Waals surface area contributed by atoms with Crippen molar-refractivity contribution in [3.8, 4) is 0 Å². The van der Waals surface area contributed by atoms with E-state index in [4.69, 9.17) is 4.74 Å². The predicted molar refractivity (Wildman–Crippen MR) is 169 cm³/mol. The summed E-state index contributed by atoms with van der Waals surface area (Å²) in [5, 5.41) is 10.4. The molecule has 0 aromatic heterocycles. The van der Waals surface area contributed by atoms with Gasteiger partial charge in [0.15, 0.2) is 0 Å². The van der Waals surface area contributed by atoms with E-state index in [-0.39, 0.29) is 30.3 Å². The Balaban J connectivity index is 1.43. The van der Waals surface area contributed by atoms with Crippen molar-refractivity contribution in [1.82, 2.24) is 4.90 Å². The molecule has 9 heteroatoms. The number of rotatable bonds is 8. The van der Waals surface area contributed by atoms with Crippen molar-refractivity contribution in [2.75, 3.05) is 42.6 Å². The van der Waals surface area contributed by atoms with E-state index >= 15 is 0 Å². The summed E-state index contributed by atoms with van der Waals surface area (Å²) in [6, 6.07) is 16.1. The molecule has 4 heterocycles. The number of carbonyl (C=O) groups excluding carboxylic acids is 3. The highest BCUT2D eigenvalue weighted by molar-refractivity contribution is 8.02. The Hall–Kier alpha value is -3.56. The van der Waals surface area contributed by atoms with Gasteiger partial charge in [0.25, 0.3) is 5.91 Å². The van der Waals surface area contributed by atoms with Gasteiger partial charge in [-0.15, -0.1) is 11.8 Å². The molecule has 0 radical (unpaired) electrons. The fourth-order valence-corrected chi connectivity index (χ4v) is 9.23. The number of thioether (sulfide) groups is 1. The highest BCUT2D eigenvalue weighted by atomic mass is 32.2. The number of esters is 1. The van der Waals surface area contributed by atoms with Gasteiger partial charge >= 0.3 is 5.97 Å². The number of anilines is 2. The molecule has 0 bridgehead atoms. The summed E-state index contributed by atoms with van der Waals surface area (Å²) in [6.07, 6.45) is 8.98. The molecule has 1 spiro atoms. The van der Waals surface area contributed by atoms with Crippen LogP contribution in [0.2, 0.25) is 0 Å². The Morgan fingerprint density at radius 3 is 2.47 bits per heavy atom. The van der Waals surface area contributed by atoms with Crippen LogP contribution in [0.25, 0.3) is 0 Å². The summed E-state index contributed by atoms with van der Waals surface area (Å²) in [5.74, 6) is -2.37. The first-order valence-electron chi connectivity index (χ1n) is 15.3. The molecule has 226 valence electrons. The fraction of sp³-hybridized carbons (Fsp3) is 0.441. The zero-order valence-corrected chi connectivity index (χ0v) is 25.5. The first-order chi connectivity index (χ1) is 20.9. The van der Waals surface area contributed by atoms with Crippen molar-refractivity contribution in [2.45, 2.75) is 48.8 Å². The van der Waals surface area contributed by atoms with Crippen LogP contribution in [0, 0.1) is 11.8 Å². The normalized spacial score (nSPS) is 28.9. The maximum absolute atomic E-state index is 14.8. The van der Waals surface area contributed by atoms with Crippen molar-refractivity contribution in [3.05, 3.63) is 84.5 Å². The lowest BCUT2D eigenvalue weighted by Gasteiger charge is -2.38. The van der Waals surface area contributed by atoms with Crippen LogP contribution in [0.5, 0.6) is 0 Å². The molecule has 2 amide bonds. The first kappa shape index (κ1) is 29.5. The molecule has 0 saturated carbocycles. The van der Waals surface area contributed by atoms with Crippen molar-refractivity contribution < 1.29 is 24.2 Å². The van der Waals surface area contributed by atoms with Gasteiger partial charge in [-0.1, -0.05) is 54.6 Å². The maximum Gasteiger partial charge on any atom is 0.311 e. The summed E-state index contributed by atoms with van der Waals surface area (Å²) in [5.41, 5.74) is 2.78. The molecular formula is C34H39N3O5S. The number of aliphatic hydroxyl groups excluding tert-OH is 1. The lowest BCUT2D eigenvalue weighted by atomic mass is 9.78. The number of likely N-dealkylation sites (tertiary alicyclic amines) is 1. The monoisotopic (exact) mass is 601 g/mol. The van der Waals surface area contributed by atoms with E-state index in [1.807, 2.05) is 78.9 Å². The van der Waals surface area contributed by atoms with Crippen LogP contribution in [-0.4, -0.2) is 82.7 Å². The van der Waals surface area contributed by atoms with Gasteiger partial charge in [0.2, 0.25) is 5.91 Å². The highest BCUT2D eigenvalue weighted by Crippen LogP contribution is 2.61. The number of hydrogen-bond donors (Lipinski definition) is 1. The quantitative estimate of drug-likeness (QED) is 0.363. The van der Waals surface area contributed by atoms with Crippen LogP contribution in [0.15, 0.2) is 78.9 Å². The second-order valence-corrected chi connectivity index (χ2v) is 13.0. The second kappa shape index (κ2) is 12.2. The minimum atomic E-state index is -0.975. The number of ether oxygens (including phenoxy) is 1. The molecule has 2 aromatic carbocycles. The van der Waals surface area contributed by atoms with E-state index in [0.29, 0.717) is 19.4 Å². The van der Waals surface area contributed by atoms with Gasteiger partial charge in [-0.3, -0.25) is 14.4 Å². The van der Waals surface area contributed by atoms with Crippen molar-refractivity contribution in [1.29, 1.82) is 0 Å². The van der Waals surface area contributed by atoms with Crippen LogP contribution in [-0.2, 0) is 25.5 Å². The number of fused-ring (bicyclic) bond motifs is 2. The zero-order valence-electron chi connectivity index (χ0n) is 24.7. The molecule has 0 aliphatic carbocycles. The molecular weight excluding hydrogens is 562 g/mol. The highest BCUT2D eigenvalue weighted by Gasteiger charge is 2.71. The van der Waals surface area contributed by atoms with E-state index in [0.717, 1.165) is 30.0 Å². The van der Waals surface area contributed by atoms with Crippen molar-refractivity contribution in [2.24, 2.45) is 11.8 Å². The summed E-state index contributed by atoms with van der Waals surface area (Å²) in [4.78, 5) is 48.4. The smallest absolute Gasteiger partial charge is 0.311 e. The van der Waals surface area contributed by atoms with Crippen LogP contribution >= 0.6 is 11.8 Å². The van der Waals surface area contributed by atoms with Gasteiger partial charge in [-0.05, 0) is 56.5 Å². The Morgan fingerprint density at radius 2 is 1.77 bits per heavy atom. The van der Waals surface area contributed by atoms with Crippen LogP contribution < -0.4 is 9.80 Å². The Labute approximate surface area is 257 Å². The number of amides is 2. The van der Waals surface area contributed by atoms with E-state index < -0.39 is 34.6 Å². The van der Waals surface area contributed by atoms with Crippen molar-refractivity contribution in [3.63, 3.8) is 0 Å². The third-order valence-electron chi connectivity index (χ3n) is 9.27. The molecule has 8 nitrogen and oxygen atoms in total. The Kier molecular flexibility index (Phi) is 8.38. The summed E-state index contributed by atoms with van der Waals surface area (Å²) >= 11 is 1.52. The zero-order chi connectivity index (χ0) is 30.1. The van der Waals surface area contributed by atoms with Gasteiger partial charge in [-0.2, -0.15) is 0 Å². The number of nitrogens with zero attached hydrogens (tertiary/aromatic N) is 3. The Bertz CT molecular complexity index is 1410. The number of aliphatic hydroxyl groups is 1. The summed E-state index contributed by atoms with van der Waals surface area (Å²) in [7, 11) is 0. The molecule has 6 rings (SSSR count). The number of hydrogen-bond acceptors (Lipinski definition) is 7. The largest absolute Gasteiger partial charge is 0.465 e. The summed E-state index contributed by atoms with van der Waals surface area (Å²) < 4.78 is 4.62. The van der Waals surface area contributed by atoms with Crippen LogP contribution in [0.1, 0.15) is 25.8 Å². The fourth-order valence-electron chi connectivity index (χ4n) is 7.24. The minimum absolute atomic E-state index is 0.206. The molecule has 6 atom stereocenters. The second-order valence-electron chi connectivity index (χ2n) is 11.5. The molecule has 1 N–H and O–H groups in total. The number of carbonyl (C=O) groups is 3. The van der Waals surface area contributed by atoms with E-state index in [1.54, 1.807) is 9.80 Å². The Morgan fingerprint density at radius 1 is 1.02 bits per heavy atom. The number of cyclic esters (lactones) is 1. The topological polar surface area (TPSA) is 90.4 Å². The lowest BCUT2D eigenvalue weighted by molar-refractivity contribution is -0.153. The average molecular weight is 602 g/mol. The van der Waals surface area contributed by atoms with Gasteiger partial charge < -0.3 is 24.5 Å². The van der Waals surface area contributed by atoms with Gasteiger partial charge in [0.1, 0.15) is 6.04 Å². The van der Waals surface area contributed by atoms with Crippen LogP contribution in [0.3, 0.4) is 0 Å². The molecule has 1 unspecified atom stereocenters. The van der Waals surface area contributed by atoms with E-state index in [1.165, 1.54) is 11.8 Å². The molecule has 2 fully saturated rings. The third kappa shape index (κ3) is 5.06.